The monoisotopic (exact) mass is 382 g/mol. The Morgan fingerprint density at radius 1 is 1.18 bits per heavy atom. The molecule has 1 unspecified atom stereocenters. The lowest BCUT2D eigenvalue weighted by Crippen LogP contribution is -2.43. The summed E-state index contributed by atoms with van der Waals surface area (Å²) in [6, 6.07) is 11.3. The summed E-state index contributed by atoms with van der Waals surface area (Å²) in [6.45, 7) is 6.54. The summed E-state index contributed by atoms with van der Waals surface area (Å²) in [7, 11) is 0. The Labute approximate surface area is 163 Å². The number of nitrogens with zero attached hydrogens (tertiary/aromatic N) is 1. The smallest absolute Gasteiger partial charge is 0.354 e. The molecule has 0 bridgehead atoms. The molecule has 0 radical (unpaired) electrons. The minimum Gasteiger partial charge on any atom is -0.508 e. The van der Waals surface area contributed by atoms with Crippen LogP contribution in [0.15, 0.2) is 51.8 Å². The van der Waals surface area contributed by atoms with Gasteiger partial charge < -0.3 is 19.9 Å². The van der Waals surface area contributed by atoms with Crippen molar-refractivity contribution in [2.24, 2.45) is 0 Å². The molecule has 0 saturated heterocycles. The summed E-state index contributed by atoms with van der Waals surface area (Å²) in [4.78, 5) is 15.4. The van der Waals surface area contributed by atoms with E-state index in [0.29, 0.717) is 11.1 Å². The van der Waals surface area contributed by atoms with E-state index < -0.39 is 11.7 Å². The third kappa shape index (κ3) is 4.77. The second-order valence-electron chi connectivity index (χ2n) is 7.69. The lowest BCUT2D eigenvalue weighted by Gasteiger charge is -2.28. The van der Waals surface area contributed by atoms with E-state index in [2.05, 4.69) is 55.3 Å². The highest BCUT2D eigenvalue weighted by Gasteiger charge is 2.22. The van der Waals surface area contributed by atoms with Crippen molar-refractivity contribution in [1.82, 2.24) is 10.3 Å². The van der Waals surface area contributed by atoms with Crippen LogP contribution in [-0.4, -0.2) is 27.3 Å². The van der Waals surface area contributed by atoms with Crippen molar-refractivity contribution in [3.63, 3.8) is 0 Å². The van der Waals surface area contributed by atoms with Gasteiger partial charge in [0.2, 0.25) is 0 Å². The van der Waals surface area contributed by atoms with Crippen molar-refractivity contribution in [1.29, 1.82) is 0 Å². The first-order chi connectivity index (χ1) is 13.3. The summed E-state index contributed by atoms with van der Waals surface area (Å²) in [5.41, 5.74) is 2.59. The Balaban J connectivity index is 1.73. The number of hydrogen-bond acceptors (Lipinski definition) is 6. The molecular formula is C22H26N2O4. The normalized spacial score (nSPS) is 13.0. The van der Waals surface area contributed by atoms with E-state index in [1.807, 2.05) is 0 Å². The lowest BCUT2D eigenvalue weighted by molar-refractivity contribution is 0.161. The van der Waals surface area contributed by atoms with Gasteiger partial charge in [-0.2, -0.15) is 0 Å². The first kappa shape index (κ1) is 20.0. The maximum atomic E-state index is 11.4. The number of aryl methyl sites for hydroxylation is 1. The Bertz CT molecular complexity index is 1010. The number of β-amino-alcohol motifs (C(OH)–C–C–N with tert-alkyl or cyclic N) is 1. The van der Waals surface area contributed by atoms with Gasteiger partial charge in [0.05, 0.1) is 6.10 Å². The standard InChI is InChI=1S/C22H26N2O4/c1-4-14-5-7-15(8-6-14)11-22(2,3)24-12-18(26)17-9-16(25)10-19-21(17)23-13-20(27)28-19/h5-10,13,18,24-26H,4,11-12H2,1-3H3. The van der Waals surface area contributed by atoms with Gasteiger partial charge in [-0.3, -0.25) is 0 Å². The summed E-state index contributed by atoms with van der Waals surface area (Å²) in [5.74, 6) is -0.0898. The number of benzene rings is 2. The fraction of sp³-hybridized carbons (Fsp3) is 0.364. The van der Waals surface area contributed by atoms with Gasteiger partial charge in [-0.15, -0.1) is 0 Å². The number of rotatable bonds is 7. The second-order valence-corrected chi connectivity index (χ2v) is 7.69. The predicted octanol–water partition coefficient (Wildman–Crippen LogP) is 3.10. The minimum atomic E-state index is -0.920. The van der Waals surface area contributed by atoms with Crippen LogP contribution in [-0.2, 0) is 12.8 Å². The number of nitrogens with one attached hydrogen (secondary N) is 1. The molecule has 2 aromatic carbocycles. The number of phenolic OH excluding ortho intramolecular Hbond substituents is 1. The molecule has 3 aromatic rings. The largest absolute Gasteiger partial charge is 0.508 e. The van der Waals surface area contributed by atoms with E-state index in [0.717, 1.165) is 19.0 Å². The van der Waals surface area contributed by atoms with E-state index in [1.165, 1.54) is 23.3 Å². The molecule has 3 N–H and O–H groups in total. The van der Waals surface area contributed by atoms with Gasteiger partial charge >= 0.3 is 5.63 Å². The van der Waals surface area contributed by atoms with Crippen molar-refractivity contribution < 1.29 is 14.6 Å². The first-order valence-electron chi connectivity index (χ1n) is 9.41. The van der Waals surface area contributed by atoms with Crippen LogP contribution in [0.3, 0.4) is 0 Å². The molecule has 0 amide bonds. The molecule has 0 saturated carbocycles. The van der Waals surface area contributed by atoms with Crippen molar-refractivity contribution in [3.05, 3.63) is 69.7 Å². The molecular weight excluding hydrogens is 356 g/mol. The number of aromatic hydroxyl groups is 1. The van der Waals surface area contributed by atoms with Gasteiger partial charge in [-0.05, 0) is 43.9 Å². The van der Waals surface area contributed by atoms with E-state index in [4.69, 9.17) is 4.42 Å². The van der Waals surface area contributed by atoms with Crippen LogP contribution in [0.4, 0.5) is 0 Å². The quantitative estimate of drug-likeness (QED) is 0.581. The molecule has 3 rings (SSSR count). The molecule has 1 aromatic heterocycles. The SMILES string of the molecule is CCc1ccc(CC(C)(C)NCC(O)c2cc(O)cc3oc(=O)cnc23)cc1. The molecule has 0 aliphatic carbocycles. The number of aliphatic hydroxyl groups is 1. The molecule has 28 heavy (non-hydrogen) atoms. The van der Waals surface area contributed by atoms with E-state index >= 15 is 0 Å². The predicted molar refractivity (Wildman–Crippen MR) is 109 cm³/mol. The van der Waals surface area contributed by atoms with Gasteiger partial charge in [-0.1, -0.05) is 31.2 Å². The Morgan fingerprint density at radius 2 is 1.86 bits per heavy atom. The van der Waals surface area contributed by atoms with Crippen LogP contribution in [0.2, 0.25) is 0 Å². The van der Waals surface area contributed by atoms with Gasteiger partial charge in [0.25, 0.3) is 0 Å². The van der Waals surface area contributed by atoms with E-state index in [-0.39, 0.29) is 23.4 Å². The van der Waals surface area contributed by atoms with Crippen molar-refractivity contribution in [2.75, 3.05) is 6.54 Å². The van der Waals surface area contributed by atoms with Crippen LogP contribution in [0, 0.1) is 0 Å². The number of hydrogen-bond donors (Lipinski definition) is 3. The molecule has 0 aliphatic rings. The van der Waals surface area contributed by atoms with Crippen molar-refractivity contribution >= 4 is 11.1 Å². The van der Waals surface area contributed by atoms with Crippen LogP contribution in [0.1, 0.15) is 43.6 Å². The fourth-order valence-electron chi connectivity index (χ4n) is 3.28. The lowest BCUT2D eigenvalue weighted by atomic mass is 9.93. The highest BCUT2D eigenvalue weighted by Crippen LogP contribution is 2.27. The average molecular weight is 382 g/mol. The molecule has 6 nitrogen and oxygen atoms in total. The summed E-state index contributed by atoms with van der Waals surface area (Å²) < 4.78 is 5.07. The molecule has 1 heterocycles. The Morgan fingerprint density at radius 3 is 2.54 bits per heavy atom. The zero-order chi connectivity index (χ0) is 20.3. The van der Waals surface area contributed by atoms with Crippen LogP contribution in [0.25, 0.3) is 11.1 Å². The molecule has 0 aliphatic heterocycles. The van der Waals surface area contributed by atoms with Gasteiger partial charge in [0.1, 0.15) is 17.5 Å². The van der Waals surface area contributed by atoms with E-state index in [9.17, 15) is 15.0 Å². The van der Waals surface area contributed by atoms with Crippen molar-refractivity contribution in [2.45, 2.75) is 45.3 Å². The van der Waals surface area contributed by atoms with Crippen LogP contribution < -0.4 is 10.9 Å². The number of aromatic nitrogens is 1. The molecule has 148 valence electrons. The summed E-state index contributed by atoms with van der Waals surface area (Å²) in [5, 5.41) is 23.9. The van der Waals surface area contributed by atoms with Crippen LogP contribution in [0.5, 0.6) is 5.75 Å². The van der Waals surface area contributed by atoms with Gasteiger partial charge in [-0.25, -0.2) is 9.78 Å². The second kappa shape index (κ2) is 8.12. The van der Waals surface area contributed by atoms with Gasteiger partial charge in [0, 0.05) is 23.7 Å². The highest BCUT2D eigenvalue weighted by molar-refractivity contribution is 5.78. The summed E-state index contributed by atoms with van der Waals surface area (Å²) >= 11 is 0. The number of aliphatic hydroxyl groups excluding tert-OH is 1. The van der Waals surface area contributed by atoms with Gasteiger partial charge in [0.15, 0.2) is 5.58 Å². The molecule has 6 heteroatoms. The highest BCUT2D eigenvalue weighted by atomic mass is 16.4. The Hall–Kier alpha value is -2.70. The Kier molecular flexibility index (Phi) is 5.82. The fourth-order valence-corrected chi connectivity index (χ4v) is 3.28. The maximum absolute atomic E-state index is 11.4. The zero-order valence-corrected chi connectivity index (χ0v) is 16.4. The third-order valence-corrected chi connectivity index (χ3v) is 4.81. The average Bonchev–Trinajstić information content (AvgIpc) is 2.65. The minimum absolute atomic E-state index is 0.0898. The topological polar surface area (TPSA) is 95.6 Å². The molecule has 0 spiro atoms. The van der Waals surface area contributed by atoms with Crippen LogP contribution >= 0.6 is 0 Å². The summed E-state index contributed by atoms with van der Waals surface area (Å²) in [6.07, 6.45) is 1.96. The van der Waals surface area contributed by atoms with E-state index in [1.54, 1.807) is 0 Å². The van der Waals surface area contributed by atoms with Crippen molar-refractivity contribution in [3.8, 4) is 5.75 Å². The molecule has 1 atom stereocenters. The third-order valence-electron chi connectivity index (χ3n) is 4.81. The number of phenols is 1. The first-order valence-corrected chi connectivity index (χ1v) is 9.41. The number of fused-ring (bicyclic) bond motifs is 1. The maximum Gasteiger partial charge on any atom is 0.354 e. The zero-order valence-electron chi connectivity index (χ0n) is 16.4. The molecule has 0 fully saturated rings.